The largest absolute Gasteiger partial charge is 0.481 e. The monoisotopic (exact) mass is 480 g/mol. The second kappa shape index (κ2) is 10.8. The topological polar surface area (TPSA) is 220 Å². The zero-order valence-corrected chi connectivity index (χ0v) is 18.5. The van der Waals surface area contributed by atoms with Crippen molar-refractivity contribution < 1.29 is 28.6 Å². The average molecular weight is 480 g/mol. The van der Waals surface area contributed by atoms with Crippen molar-refractivity contribution in [3.8, 4) is 5.75 Å². The van der Waals surface area contributed by atoms with Gasteiger partial charge >= 0.3 is 11.9 Å². The Balaban J connectivity index is 1.61. The lowest BCUT2D eigenvalue weighted by atomic mass is 10.1. The van der Waals surface area contributed by atoms with Crippen molar-refractivity contribution in [1.82, 2.24) is 5.32 Å². The van der Waals surface area contributed by atoms with Gasteiger partial charge in [0.05, 0.1) is 6.54 Å². The smallest absolute Gasteiger partial charge is 0.379 e. The fourth-order valence-corrected chi connectivity index (χ4v) is 3.18. The van der Waals surface area contributed by atoms with Crippen molar-refractivity contribution in [2.75, 3.05) is 0 Å². The van der Waals surface area contributed by atoms with Crippen LogP contribution in [0.5, 0.6) is 5.75 Å². The first-order valence-electron chi connectivity index (χ1n) is 10.4. The van der Waals surface area contributed by atoms with Gasteiger partial charge in [-0.2, -0.15) is 0 Å². The highest BCUT2D eigenvalue weighted by Gasteiger charge is 2.20. The number of amidine groups is 1. The molecule has 12 nitrogen and oxygen atoms in total. The molecule has 0 saturated carbocycles. The number of rotatable bonds is 10. The van der Waals surface area contributed by atoms with Gasteiger partial charge in [0.15, 0.2) is 5.96 Å². The van der Waals surface area contributed by atoms with E-state index in [0.29, 0.717) is 11.3 Å². The molecule has 0 fully saturated rings. The second-order valence-electron chi connectivity index (χ2n) is 7.51. The van der Waals surface area contributed by atoms with Gasteiger partial charge in [0, 0.05) is 12.0 Å². The summed E-state index contributed by atoms with van der Waals surface area (Å²) in [5, 5.41) is 20.5. The van der Waals surface area contributed by atoms with Gasteiger partial charge in [-0.05, 0) is 47.5 Å². The molecule has 0 aliphatic rings. The normalized spacial score (nSPS) is 11.4. The van der Waals surface area contributed by atoms with E-state index in [9.17, 15) is 14.4 Å². The minimum absolute atomic E-state index is 0.0424. The van der Waals surface area contributed by atoms with Crippen molar-refractivity contribution >= 4 is 40.4 Å². The van der Waals surface area contributed by atoms with Crippen LogP contribution in [0.2, 0.25) is 0 Å². The number of nitrogens with zero attached hydrogens (tertiary/aromatic N) is 1. The fraction of sp³-hybridized carbons (Fsp3) is 0.174. The molecule has 3 aromatic rings. The number of nitrogens with two attached hydrogens (primary N) is 3. The highest BCUT2D eigenvalue weighted by atomic mass is 16.5. The third-order valence-electron chi connectivity index (χ3n) is 4.87. The third-order valence-corrected chi connectivity index (χ3v) is 4.87. The van der Waals surface area contributed by atoms with E-state index < -0.39 is 23.9 Å². The molecular formula is C23H24N6O6. The first-order valence-corrected chi connectivity index (χ1v) is 10.4. The Bertz CT molecular complexity index is 1310. The van der Waals surface area contributed by atoms with Crippen LogP contribution in [0, 0.1) is 5.41 Å². The lowest BCUT2D eigenvalue weighted by Gasteiger charge is -2.11. The van der Waals surface area contributed by atoms with E-state index in [1.54, 1.807) is 36.4 Å². The number of aliphatic imine (C=N–C) groups is 1. The van der Waals surface area contributed by atoms with E-state index in [1.165, 1.54) is 12.1 Å². The van der Waals surface area contributed by atoms with E-state index in [1.807, 2.05) is 0 Å². The Morgan fingerprint density at radius 1 is 1.06 bits per heavy atom. The number of amides is 1. The van der Waals surface area contributed by atoms with Crippen LogP contribution < -0.4 is 27.3 Å². The number of benzene rings is 2. The number of esters is 1. The van der Waals surface area contributed by atoms with Gasteiger partial charge in [-0.3, -0.25) is 15.0 Å². The zero-order valence-electron chi connectivity index (χ0n) is 18.5. The van der Waals surface area contributed by atoms with Crippen LogP contribution in [0.1, 0.15) is 34.7 Å². The number of carboxylic acid groups (broad SMARTS) is 1. The summed E-state index contributed by atoms with van der Waals surface area (Å²) >= 11 is 0. The predicted octanol–water partition coefficient (Wildman–Crippen LogP) is 1.06. The number of carboxylic acids is 1. The third kappa shape index (κ3) is 6.81. The molecule has 3 rings (SSSR count). The Hall–Kier alpha value is -4.87. The summed E-state index contributed by atoms with van der Waals surface area (Å²) in [6, 6.07) is 12.1. The number of nitrogens with one attached hydrogen (secondary N) is 2. The van der Waals surface area contributed by atoms with Gasteiger partial charge in [0.25, 0.3) is 0 Å². The van der Waals surface area contributed by atoms with Crippen LogP contribution >= 0.6 is 0 Å². The van der Waals surface area contributed by atoms with E-state index in [2.05, 4.69) is 10.3 Å². The summed E-state index contributed by atoms with van der Waals surface area (Å²) in [4.78, 5) is 39.3. The number of carbonyl (C=O) groups is 3. The van der Waals surface area contributed by atoms with Crippen LogP contribution in [-0.4, -0.2) is 40.8 Å². The Labute approximate surface area is 199 Å². The summed E-state index contributed by atoms with van der Waals surface area (Å²) in [6.07, 6.45) is -0.380. The molecule has 1 heterocycles. The van der Waals surface area contributed by atoms with Crippen LogP contribution in [0.3, 0.4) is 0 Å². The van der Waals surface area contributed by atoms with Gasteiger partial charge in [0.1, 0.15) is 23.4 Å². The molecule has 1 amide bonds. The highest BCUT2D eigenvalue weighted by molar-refractivity contribution is 5.99. The van der Waals surface area contributed by atoms with Crippen molar-refractivity contribution in [2.45, 2.75) is 25.4 Å². The molecule has 0 saturated heterocycles. The summed E-state index contributed by atoms with van der Waals surface area (Å²) in [5.41, 5.74) is 16.7. The van der Waals surface area contributed by atoms with Crippen LogP contribution in [0.25, 0.3) is 10.8 Å². The van der Waals surface area contributed by atoms with E-state index >= 15 is 0 Å². The molecular weight excluding hydrogens is 456 g/mol. The van der Waals surface area contributed by atoms with Crippen molar-refractivity contribution in [1.29, 1.82) is 5.41 Å². The molecule has 12 heteroatoms. The molecule has 0 aliphatic heterocycles. The highest BCUT2D eigenvalue weighted by Crippen LogP contribution is 2.23. The van der Waals surface area contributed by atoms with E-state index in [0.717, 1.165) is 10.8 Å². The molecule has 0 bridgehead atoms. The molecule has 1 aromatic heterocycles. The van der Waals surface area contributed by atoms with Crippen molar-refractivity contribution in [3.63, 3.8) is 0 Å². The number of hydrogen-bond donors (Lipinski definition) is 6. The summed E-state index contributed by atoms with van der Waals surface area (Å²) < 4.78 is 10.8. The first-order chi connectivity index (χ1) is 16.6. The van der Waals surface area contributed by atoms with E-state index in [-0.39, 0.29) is 42.7 Å². The van der Waals surface area contributed by atoms with Gasteiger partial charge < -0.3 is 36.8 Å². The lowest BCUT2D eigenvalue weighted by molar-refractivity contribution is -0.137. The molecule has 182 valence electrons. The quantitative estimate of drug-likeness (QED) is 0.105. The number of fused-ring (bicyclic) bond motifs is 1. The maximum absolute atomic E-state index is 12.5. The number of hydrogen-bond acceptors (Lipinski definition) is 7. The second-order valence-corrected chi connectivity index (χ2v) is 7.51. The van der Waals surface area contributed by atoms with Crippen molar-refractivity contribution in [3.05, 3.63) is 65.6 Å². The maximum atomic E-state index is 12.5. The van der Waals surface area contributed by atoms with Gasteiger partial charge in [0.2, 0.25) is 11.7 Å². The molecule has 9 N–H and O–H groups in total. The first kappa shape index (κ1) is 24.8. The minimum atomic E-state index is -1.09. The number of ether oxygens (including phenoxy) is 1. The lowest BCUT2D eigenvalue weighted by Crippen LogP contribution is -2.36. The zero-order chi connectivity index (χ0) is 25.5. The van der Waals surface area contributed by atoms with Gasteiger partial charge in [-0.15, -0.1) is 0 Å². The fourth-order valence-electron chi connectivity index (χ4n) is 3.18. The Morgan fingerprint density at radius 2 is 1.77 bits per heavy atom. The van der Waals surface area contributed by atoms with Crippen LogP contribution in [0.15, 0.2) is 57.9 Å². The average Bonchev–Trinajstić information content (AvgIpc) is 3.28. The molecule has 2 aromatic carbocycles. The minimum Gasteiger partial charge on any atom is -0.481 e. The molecule has 1 unspecified atom stereocenters. The molecule has 0 spiro atoms. The van der Waals surface area contributed by atoms with Crippen LogP contribution in [-0.2, 0) is 16.1 Å². The van der Waals surface area contributed by atoms with Gasteiger partial charge in [-0.1, -0.05) is 18.2 Å². The number of furan rings is 1. The summed E-state index contributed by atoms with van der Waals surface area (Å²) in [6.45, 7) is -0.0792. The van der Waals surface area contributed by atoms with Crippen molar-refractivity contribution in [2.24, 2.45) is 22.2 Å². The Morgan fingerprint density at radius 3 is 2.46 bits per heavy atom. The standard InChI is InChI=1S/C23H24N6O6/c24-20(25)14-2-1-13-10-15(4-3-12(13)9-14)35-22(33)18-7-5-16(34-18)11-28-21(32)17(29-23(26)27)6-8-19(30)31/h1-5,7,9-10,17H,6,8,11H2,(H3,24,25)(H,28,32)(H,30,31)(H4,26,27,29). The number of aliphatic carboxylic acids is 1. The number of carbonyl (C=O) groups excluding carboxylic acids is 2. The number of guanidine groups is 1. The number of nitrogen functional groups attached to an aromatic ring is 1. The summed E-state index contributed by atoms with van der Waals surface area (Å²) in [5.74, 6) is -2.31. The van der Waals surface area contributed by atoms with Gasteiger partial charge in [-0.25, -0.2) is 9.79 Å². The molecule has 35 heavy (non-hydrogen) atoms. The van der Waals surface area contributed by atoms with E-state index in [4.69, 9.17) is 36.9 Å². The molecule has 0 aliphatic carbocycles. The molecule has 1 atom stereocenters. The van der Waals surface area contributed by atoms with Crippen LogP contribution in [0.4, 0.5) is 0 Å². The summed E-state index contributed by atoms with van der Waals surface area (Å²) in [7, 11) is 0. The maximum Gasteiger partial charge on any atom is 0.379 e. The Kier molecular flexibility index (Phi) is 7.66. The predicted molar refractivity (Wildman–Crippen MR) is 127 cm³/mol. The molecule has 0 radical (unpaired) electrons. The SMILES string of the molecule is N=C(N)c1ccc2cc(OC(=O)c3ccc(CNC(=O)C(CCC(=O)O)N=C(N)N)o3)ccc2c1.